The van der Waals surface area contributed by atoms with Crippen molar-refractivity contribution in [1.29, 1.82) is 0 Å². The van der Waals surface area contributed by atoms with Gasteiger partial charge in [0.1, 0.15) is 19.4 Å². The predicted octanol–water partition coefficient (Wildman–Crippen LogP) is 5.02. The van der Waals surface area contributed by atoms with E-state index in [9.17, 15) is 9.59 Å². The van der Waals surface area contributed by atoms with E-state index in [0.29, 0.717) is 22.6 Å². The second kappa shape index (κ2) is 10.2. The molecule has 1 heterocycles. The summed E-state index contributed by atoms with van der Waals surface area (Å²) in [5.41, 5.74) is 6.77. The topological polar surface area (TPSA) is 80.3 Å². The number of hydrogen-bond acceptors (Lipinski definition) is 4. The van der Waals surface area contributed by atoms with Crippen LogP contribution in [0.2, 0.25) is 19.6 Å². The lowest BCUT2D eigenvalue weighted by Gasteiger charge is -2.10. The van der Waals surface area contributed by atoms with Gasteiger partial charge in [0.2, 0.25) is 5.88 Å². The highest BCUT2D eigenvalue weighted by Crippen LogP contribution is 2.24. The Kier molecular flexibility index (Phi) is 7.31. The number of aryl methyl sites for hydroxylation is 1. The minimum Gasteiger partial charge on any atom is -0.438 e. The number of benzene rings is 2. The molecule has 0 radical (unpaired) electrons. The zero-order valence-electron chi connectivity index (χ0n) is 19.4. The average molecular weight is 458 g/mol. The van der Waals surface area contributed by atoms with Gasteiger partial charge in [0, 0.05) is 30.1 Å². The molecule has 0 atom stereocenters. The Labute approximate surface area is 195 Å². The summed E-state index contributed by atoms with van der Waals surface area (Å²) in [6, 6.07) is 15.7. The van der Waals surface area contributed by atoms with Crippen molar-refractivity contribution in [2.24, 2.45) is 0 Å². The Morgan fingerprint density at radius 2 is 1.73 bits per heavy atom. The highest BCUT2D eigenvalue weighted by molar-refractivity contribution is 6.83. The fraction of sp³-hybridized carbons (Fsp3) is 0.192. The van der Waals surface area contributed by atoms with E-state index < -0.39 is 8.07 Å². The molecule has 168 valence electrons. The van der Waals surface area contributed by atoms with Crippen molar-refractivity contribution in [2.45, 2.75) is 26.6 Å². The number of rotatable bonds is 5. The fourth-order valence-corrected chi connectivity index (χ4v) is 3.36. The summed E-state index contributed by atoms with van der Waals surface area (Å²) in [7, 11) is 0.0335. The van der Waals surface area contributed by atoms with E-state index in [4.69, 9.17) is 4.74 Å². The van der Waals surface area contributed by atoms with Crippen molar-refractivity contribution in [2.75, 3.05) is 12.4 Å². The van der Waals surface area contributed by atoms with Gasteiger partial charge in [-0.3, -0.25) is 9.59 Å². The quantitative estimate of drug-likeness (QED) is 0.416. The van der Waals surface area contributed by atoms with E-state index in [1.807, 2.05) is 19.1 Å². The monoisotopic (exact) mass is 457 g/mol. The minimum atomic E-state index is -1.51. The summed E-state index contributed by atoms with van der Waals surface area (Å²) in [6.07, 6.45) is 1.56. The lowest BCUT2D eigenvalue weighted by molar-refractivity contribution is 0.0959. The second-order valence-corrected chi connectivity index (χ2v) is 13.3. The first-order valence-electron chi connectivity index (χ1n) is 10.6. The van der Waals surface area contributed by atoms with Crippen LogP contribution in [-0.2, 0) is 0 Å². The molecule has 0 saturated heterocycles. The van der Waals surface area contributed by atoms with Gasteiger partial charge in [-0.15, -0.1) is 5.54 Å². The number of carbonyl (C=O) groups excluding carboxylic acids is 2. The Hall–Kier alpha value is -3.89. The van der Waals surface area contributed by atoms with Gasteiger partial charge in [0.15, 0.2) is 0 Å². The number of pyridine rings is 1. The number of nitrogens with one attached hydrogen (secondary N) is 2. The van der Waals surface area contributed by atoms with Crippen LogP contribution in [0.25, 0.3) is 0 Å². The molecule has 3 rings (SSSR count). The normalized spacial score (nSPS) is 10.6. The first-order chi connectivity index (χ1) is 15.7. The number of hydrogen-bond donors (Lipinski definition) is 2. The van der Waals surface area contributed by atoms with Crippen molar-refractivity contribution in [3.8, 4) is 23.1 Å². The molecule has 3 aromatic rings. The summed E-state index contributed by atoms with van der Waals surface area (Å²) < 4.78 is 5.76. The summed E-state index contributed by atoms with van der Waals surface area (Å²) in [6.45, 7) is 8.55. The molecule has 33 heavy (non-hydrogen) atoms. The molecular formula is C26H27N3O3Si. The van der Waals surface area contributed by atoms with Crippen LogP contribution in [0.1, 0.15) is 31.8 Å². The molecule has 0 aliphatic rings. The van der Waals surface area contributed by atoms with Gasteiger partial charge in [-0.05, 0) is 61.0 Å². The van der Waals surface area contributed by atoms with Crippen LogP contribution < -0.4 is 15.4 Å². The van der Waals surface area contributed by atoms with Gasteiger partial charge in [-0.1, -0.05) is 31.6 Å². The molecule has 6 nitrogen and oxygen atoms in total. The van der Waals surface area contributed by atoms with Gasteiger partial charge in [-0.2, -0.15) is 0 Å². The third-order valence-electron chi connectivity index (χ3n) is 4.64. The first kappa shape index (κ1) is 23.8. The van der Waals surface area contributed by atoms with Gasteiger partial charge < -0.3 is 15.4 Å². The molecule has 0 unspecified atom stereocenters. The second-order valence-electron chi connectivity index (χ2n) is 8.55. The Morgan fingerprint density at radius 1 is 1.00 bits per heavy atom. The minimum absolute atomic E-state index is 0.209. The zero-order valence-corrected chi connectivity index (χ0v) is 20.4. The van der Waals surface area contributed by atoms with Crippen molar-refractivity contribution >= 4 is 25.6 Å². The van der Waals surface area contributed by atoms with E-state index in [1.165, 1.54) is 0 Å². The summed E-state index contributed by atoms with van der Waals surface area (Å²) in [5, 5.41) is 5.46. The van der Waals surface area contributed by atoms with E-state index in [2.05, 4.69) is 46.7 Å². The van der Waals surface area contributed by atoms with Crippen LogP contribution in [0.4, 0.5) is 5.69 Å². The average Bonchev–Trinajstić information content (AvgIpc) is 2.79. The van der Waals surface area contributed by atoms with Gasteiger partial charge >= 0.3 is 0 Å². The van der Waals surface area contributed by atoms with Gasteiger partial charge in [0.25, 0.3) is 11.8 Å². The number of nitrogens with zero attached hydrogens (tertiary/aromatic N) is 1. The molecule has 0 bridgehead atoms. The van der Waals surface area contributed by atoms with Crippen molar-refractivity contribution in [3.63, 3.8) is 0 Å². The van der Waals surface area contributed by atoms with Crippen molar-refractivity contribution in [1.82, 2.24) is 10.3 Å². The van der Waals surface area contributed by atoms with E-state index >= 15 is 0 Å². The van der Waals surface area contributed by atoms with E-state index in [1.54, 1.807) is 55.7 Å². The highest BCUT2D eigenvalue weighted by atomic mass is 28.3. The van der Waals surface area contributed by atoms with Crippen molar-refractivity contribution < 1.29 is 14.3 Å². The molecule has 7 heteroatoms. The SMILES string of the molecule is CNC(=O)c1cccnc1Oc1ccc(NC(=O)c2ccc(C)c(C#C[Si](C)(C)C)c2)cc1. The molecule has 0 spiro atoms. The highest BCUT2D eigenvalue weighted by Gasteiger charge is 2.13. The van der Waals surface area contributed by atoms with Crippen LogP contribution in [-0.4, -0.2) is 31.9 Å². The Bertz CT molecular complexity index is 1240. The number of carbonyl (C=O) groups is 2. The maximum Gasteiger partial charge on any atom is 0.256 e. The van der Waals surface area contributed by atoms with E-state index in [-0.39, 0.29) is 17.7 Å². The number of anilines is 1. The Balaban J connectivity index is 1.73. The van der Waals surface area contributed by atoms with Gasteiger partial charge in [-0.25, -0.2) is 4.98 Å². The van der Waals surface area contributed by atoms with Crippen LogP contribution in [0.5, 0.6) is 11.6 Å². The van der Waals surface area contributed by atoms with Crippen LogP contribution in [0.15, 0.2) is 60.8 Å². The largest absolute Gasteiger partial charge is 0.438 e. The fourth-order valence-electron chi connectivity index (χ4n) is 2.85. The van der Waals surface area contributed by atoms with Crippen LogP contribution >= 0.6 is 0 Å². The third kappa shape index (κ3) is 6.54. The third-order valence-corrected chi connectivity index (χ3v) is 5.52. The molecule has 1 aromatic heterocycles. The maximum atomic E-state index is 12.8. The predicted molar refractivity (Wildman–Crippen MR) is 133 cm³/mol. The molecule has 0 aliphatic heterocycles. The molecule has 2 amide bonds. The smallest absolute Gasteiger partial charge is 0.256 e. The van der Waals surface area contributed by atoms with Crippen molar-refractivity contribution in [3.05, 3.63) is 83.0 Å². The molecule has 0 fully saturated rings. The van der Waals surface area contributed by atoms with E-state index in [0.717, 1.165) is 11.1 Å². The Morgan fingerprint density at radius 3 is 2.39 bits per heavy atom. The number of aromatic nitrogens is 1. The number of ether oxygens (including phenoxy) is 1. The zero-order chi connectivity index (χ0) is 24.0. The molecule has 0 saturated carbocycles. The molecular weight excluding hydrogens is 430 g/mol. The molecule has 0 aliphatic carbocycles. The van der Waals surface area contributed by atoms with Crippen LogP contribution in [0, 0.1) is 18.4 Å². The molecule has 2 N–H and O–H groups in total. The first-order valence-corrected chi connectivity index (χ1v) is 14.1. The number of amides is 2. The van der Waals surface area contributed by atoms with Crippen LogP contribution in [0.3, 0.4) is 0 Å². The summed E-state index contributed by atoms with van der Waals surface area (Å²) in [4.78, 5) is 28.9. The summed E-state index contributed by atoms with van der Waals surface area (Å²) in [5.74, 6) is 3.45. The maximum absolute atomic E-state index is 12.8. The summed E-state index contributed by atoms with van der Waals surface area (Å²) >= 11 is 0. The standard InChI is InChI=1S/C26H27N3O3Si/c1-18-8-9-20(17-19(18)14-16-33(3,4)5)24(30)29-21-10-12-22(13-11-21)32-26-23(25(31)27-2)7-6-15-28-26/h6-13,15,17H,1-5H3,(H,27,31)(H,29,30). The lowest BCUT2D eigenvalue weighted by atomic mass is 10.1. The molecule has 2 aromatic carbocycles. The van der Waals surface area contributed by atoms with Gasteiger partial charge in [0.05, 0.1) is 0 Å². The lowest BCUT2D eigenvalue weighted by Crippen LogP contribution is -2.18.